The predicted molar refractivity (Wildman–Crippen MR) is 214 cm³/mol. The summed E-state index contributed by atoms with van der Waals surface area (Å²) in [7, 11) is 0. The molecular weight excluding hydrogens is 768 g/mol. The molecule has 6 heterocycles. The van der Waals surface area contributed by atoms with Gasteiger partial charge >= 0.3 is 0 Å². The Kier molecular flexibility index (Phi) is 10.7. The van der Waals surface area contributed by atoms with Gasteiger partial charge in [-0.25, -0.2) is 9.97 Å². The molecule has 8 rings (SSSR count). The van der Waals surface area contributed by atoms with Crippen molar-refractivity contribution in [1.29, 1.82) is 5.26 Å². The summed E-state index contributed by atoms with van der Waals surface area (Å²) >= 11 is 7.93. The Balaban J connectivity index is 1.10. The summed E-state index contributed by atoms with van der Waals surface area (Å²) in [6.45, 7) is 6.13. The summed E-state index contributed by atoms with van der Waals surface area (Å²) in [5, 5.41) is 17.1. The number of carbonyl (C=O) groups is 2. The van der Waals surface area contributed by atoms with Gasteiger partial charge in [0.2, 0.25) is 11.7 Å². The summed E-state index contributed by atoms with van der Waals surface area (Å²) in [6, 6.07) is 18.4. The van der Waals surface area contributed by atoms with Gasteiger partial charge in [0.1, 0.15) is 25.2 Å². The van der Waals surface area contributed by atoms with E-state index in [0.717, 1.165) is 21.7 Å². The van der Waals surface area contributed by atoms with Gasteiger partial charge in [-0.15, -0.1) is 16.4 Å². The minimum Gasteiger partial charge on any atom is -0.485 e. The van der Waals surface area contributed by atoms with Crippen molar-refractivity contribution in [2.75, 3.05) is 43.0 Å². The van der Waals surface area contributed by atoms with Crippen molar-refractivity contribution >= 4 is 51.9 Å². The Morgan fingerprint density at radius 3 is 2.63 bits per heavy atom. The normalized spacial score (nSPS) is 14.0. The maximum Gasteiger partial charge on any atom is 0.299 e. The molecule has 0 radical (unpaired) electrons. The number of piperazine rings is 1. The molecule has 2 amide bonds. The molecule has 4 aromatic heterocycles. The molecule has 2 aliphatic rings. The number of benzene rings is 2. The first-order valence-corrected chi connectivity index (χ1v) is 19.7. The fourth-order valence-corrected chi connectivity index (χ4v) is 8.42. The molecule has 15 nitrogen and oxygen atoms in total. The second-order valence-electron chi connectivity index (χ2n) is 13.6. The summed E-state index contributed by atoms with van der Waals surface area (Å²) in [5.74, 6) is 0.208. The number of anilines is 2. The first kappa shape index (κ1) is 37.8. The van der Waals surface area contributed by atoms with Crippen molar-refractivity contribution < 1.29 is 19.1 Å². The standard InChI is InChI=1S/C40H37ClN10O5S/c1-3-30-35(48-12-14-49(15-13-48)38(53)34-36(24(2)43-23-44-34)56-21-25-7-5-4-6-8-25)39(54)51-40(46-37(47-51)31-18-27-11-16-55-22-32(27)57-31)50(30)20-33(52)45-29-10-9-26(19-42)17-28(29)41/h4-10,17-18,23H,3,11-16,20-22H2,1-2H3,(H,45,52). The molecule has 290 valence electrons. The van der Waals surface area contributed by atoms with Crippen LogP contribution in [0.4, 0.5) is 11.4 Å². The molecule has 0 atom stereocenters. The van der Waals surface area contributed by atoms with Crippen LogP contribution >= 0.6 is 22.9 Å². The lowest BCUT2D eigenvalue weighted by Gasteiger charge is -2.36. The van der Waals surface area contributed by atoms with Gasteiger partial charge in [0.25, 0.3) is 11.5 Å². The third kappa shape index (κ3) is 7.56. The fourth-order valence-electron chi connectivity index (χ4n) is 7.11. The molecule has 1 fully saturated rings. The maximum absolute atomic E-state index is 14.5. The molecule has 0 bridgehead atoms. The van der Waals surface area contributed by atoms with Crippen molar-refractivity contribution in [2.45, 2.75) is 46.4 Å². The molecule has 17 heteroatoms. The second-order valence-corrected chi connectivity index (χ2v) is 15.1. The van der Waals surface area contributed by atoms with E-state index in [1.54, 1.807) is 28.5 Å². The minimum atomic E-state index is -0.415. The molecular formula is C40H37ClN10O5S. The van der Waals surface area contributed by atoms with E-state index in [9.17, 15) is 19.6 Å². The highest BCUT2D eigenvalue weighted by atomic mass is 35.5. The van der Waals surface area contributed by atoms with Gasteiger partial charge in [-0.05, 0) is 55.2 Å². The van der Waals surface area contributed by atoms with Crippen LogP contribution in [0.15, 0.2) is 65.7 Å². The molecule has 0 saturated carbocycles. The number of fused-ring (bicyclic) bond motifs is 2. The van der Waals surface area contributed by atoms with E-state index < -0.39 is 5.91 Å². The highest BCUT2D eigenvalue weighted by molar-refractivity contribution is 7.15. The molecule has 1 saturated heterocycles. The summed E-state index contributed by atoms with van der Waals surface area (Å²) < 4.78 is 14.7. The van der Waals surface area contributed by atoms with Crippen LogP contribution in [0.5, 0.6) is 5.75 Å². The van der Waals surface area contributed by atoms with E-state index in [1.165, 1.54) is 33.8 Å². The number of aromatic nitrogens is 6. The number of rotatable bonds is 10. The van der Waals surface area contributed by atoms with Crippen LogP contribution in [0.2, 0.25) is 5.02 Å². The number of nitrogens with one attached hydrogen (secondary N) is 1. The Bertz CT molecular complexity index is 2590. The van der Waals surface area contributed by atoms with Crippen LogP contribution in [0.1, 0.15) is 50.4 Å². The van der Waals surface area contributed by atoms with Gasteiger partial charge < -0.3 is 29.2 Å². The highest BCUT2D eigenvalue weighted by Crippen LogP contribution is 2.33. The molecule has 2 aliphatic heterocycles. The van der Waals surface area contributed by atoms with Gasteiger partial charge in [-0.3, -0.25) is 14.4 Å². The molecule has 0 aliphatic carbocycles. The topological polar surface area (TPSA) is 173 Å². The fraction of sp³-hybridized carbons (Fsp3) is 0.300. The van der Waals surface area contributed by atoms with E-state index in [2.05, 4.69) is 15.3 Å². The maximum atomic E-state index is 14.5. The zero-order valence-corrected chi connectivity index (χ0v) is 32.8. The Hall–Kier alpha value is -6.15. The van der Waals surface area contributed by atoms with E-state index >= 15 is 0 Å². The van der Waals surface area contributed by atoms with Gasteiger partial charge in [-0.2, -0.15) is 14.8 Å². The van der Waals surface area contributed by atoms with E-state index in [0.29, 0.717) is 85.7 Å². The van der Waals surface area contributed by atoms with Crippen molar-refractivity contribution in [3.8, 4) is 22.5 Å². The van der Waals surface area contributed by atoms with Gasteiger partial charge in [0.05, 0.1) is 51.8 Å². The molecule has 6 aromatic rings. The Labute approximate surface area is 336 Å². The van der Waals surface area contributed by atoms with Crippen LogP contribution in [-0.2, 0) is 42.1 Å². The number of halogens is 1. The van der Waals surface area contributed by atoms with E-state index in [-0.39, 0.29) is 41.1 Å². The van der Waals surface area contributed by atoms with E-state index in [1.807, 2.05) is 54.3 Å². The van der Waals surface area contributed by atoms with Gasteiger partial charge in [0, 0.05) is 31.1 Å². The number of thiophene rings is 1. The number of hydrogen-bond acceptors (Lipinski definition) is 12. The molecule has 1 N–H and O–H groups in total. The number of amides is 2. The number of nitrogens with zero attached hydrogens (tertiary/aromatic N) is 9. The average molecular weight is 805 g/mol. The zero-order chi connectivity index (χ0) is 39.6. The Morgan fingerprint density at radius 1 is 1.09 bits per heavy atom. The van der Waals surface area contributed by atoms with Crippen molar-refractivity contribution in [3.63, 3.8) is 0 Å². The van der Waals surface area contributed by atoms with Gasteiger partial charge in [-0.1, -0.05) is 48.9 Å². The predicted octanol–water partition coefficient (Wildman–Crippen LogP) is 5.06. The van der Waals surface area contributed by atoms with Crippen molar-refractivity contribution in [1.82, 2.24) is 34.0 Å². The van der Waals surface area contributed by atoms with Crippen LogP contribution in [0, 0.1) is 18.3 Å². The summed E-state index contributed by atoms with van der Waals surface area (Å²) in [6.07, 6.45) is 2.53. The quantitative estimate of drug-likeness (QED) is 0.196. The van der Waals surface area contributed by atoms with Crippen LogP contribution in [0.3, 0.4) is 0 Å². The van der Waals surface area contributed by atoms with Crippen LogP contribution in [-0.4, -0.2) is 78.6 Å². The molecule has 2 aromatic carbocycles. The number of ether oxygens (including phenoxy) is 2. The third-order valence-electron chi connectivity index (χ3n) is 9.99. The number of nitriles is 1. The third-order valence-corrected chi connectivity index (χ3v) is 11.5. The molecule has 57 heavy (non-hydrogen) atoms. The average Bonchev–Trinajstić information content (AvgIpc) is 3.88. The SMILES string of the molecule is CCc1c(N2CCN(C(=O)c3ncnc(C)c3OCc3ccccc3)CC2)c(=O)n2nc(-c3cc4c(s3)COCC4)nc2n1CC(=O)Nc1ccc(C#N)cc1Cl. The van der Waals surface area contributed by atoms with Crippen LogP contribution in [0.25, 0.3) is 16.5 Å². The monoisotopic (exact) mass is 804 g/mol. The first-order valence-electron chi connectivity index (χ1n) is 18.5. The molecule has 0 unspecified atom stereocenters. The summed E-state index contributed by atoms with van der Waals surface area (Å²) in [4.78, 5) is 61.2. The molecule has 0 spiro atoms. The zero-order valence-electron chi connectivity index (χ0n) is 31.2. The minimum absolute atomic E-state index is 0.176. The smallest absolute Gasteiger partial charge is 0.299 e. The second kappa shape index (κ2) is 16.1. The highest BCUT2D eigenvalue weighted by Gasteiger charge is 2.31. The lowest BCUT2D eigenvalue weighted by atomic mass is 10.1. The Morgan fingerprint density at radius 2 is 1.89 bits per heavy atom. The van der Waals surface area contributed by atoms with Crippen LogP contribution < -0.4 is 20.5 Å². The van der Waals surface area contributed by atoms with Gasteiger partial charge in [0.15, 0.2) is 17.3 Å². The first-order chi connectivity index (χ1) is 27.7. The lowest BCUT2D eigenvalue weighted by Crippen LogP contribution is -2.51. The number of carbonyl (C=O) groups excluding carboxylic acids is 2. The lowest BCUT2D eigenvalue weighted by molar-refractivity contribution is -0.116. The van der Waals surface area contributed by atoms with E-state index in [4.69, 9.17) is 31.2 Å². The number of hydrogen-bond donors (Lipinski definition) is 1. The number of aryl methyl sites for hydroxylation is 1. The van der Waals surface area contributed by atoms with Crippen molar-refractivity contribution in [3.05, 3.63) is 115 Å². The summed E-state index contributed by atoms with van der Waals surface area (Å²) in [5.41, 5.74) is 4.15. The largest absolute Gasteiger partial charge is 0.485 e. The van der Waals surface area contributed by atoms with Crippen molar-refractivity contribution in [2.24, 2.45) is 0 Å².